The summed E-state index contributed by atoms with van der Waals surface area (Å²) in [5, 5.41) is 0. The van der Waals surface area contributed by atoms with Crippen LogP contribution in [0.2, 0.25) is 0 Å². The van der Waals surface area contributed by atoms with Crippen LogP contribution in [0.25, 0.3) is 0 Å². The topological polar surface area (TPSA) is 40.1 Å². The predicted octanol–water partition coefficient (Wildman–Crippen LogP) is -1.80. The first-order valence-corrected chi connectivity index (χ1v) is 5.84. The van der Waals surface area contributed by atoms with Crippen molar-refractivity contribution in [3.8, 4) is 0 Å². The van der Waals surface area contributed by atoms with Crippen molar-refractivity contribution in [2.24, 2.45) is 0 Å². The first kappa shape index (κ1) is 10.7. The molecular formula is HILiO2PS. The van der Waals surface area contributed by atoms with Gasteiger partial charge in [0.1, 0.15) is 0 Å². The molecule has 0 saturated heterocycles. The van der Waals surface area contributed by atoms with Gasteiger partial charge in [0, 0.05) is 0 Å². The van der Waals surface area contributed by atoms with Gasteiger partial charge in [0.05, 0.1) is 21.2 Å². The van der Waals surface area contributed by atoms with Crippen LogP contribution in [0.1, 0.15) is 1.43 Å². The van der Waals surface area contributed by atoms with Crippen LogP contribution < -0.4 is 23.8 Å². The summed E-state index contributed by atoms with van der Waals surface area (Å²) in [6.07, 6.45) is 0. The summed E-state index contributed by atoms with van der Waals surface area (Å²) in [4.78, 5) is 9.36. The summed E-state index contributed by atoms with van der Waals surface area (Å²) in [6, 6.07) is 0. The fourth-order valence-corrected chi connectivity index (χ4v) is 0. The summed E-state index contributed by atoms with van der Waals surface area (Å²) in [7, 11) is -1.39. The smallest absolute Gasteiger partial charge is 1.00 e. The van der Waals surface area contributed by atoms with Crippen LogP contribution in [0.4, 0.5) is 0 Å². The molecule has 0 spiro atoms. The maximum atomic E-state index is 9.36. The molecule has 0 aromatic carbocycles. The zero-order valence-electron chi connectivity index (χ0n) is 4.05. The monoisotopic (exact) mass is 230 g/mol. The fourth-order valence-electron chi connectivity index (χ4n) is 0. The summed E-state index contributed by atoms with van der Waals surface area (Å²) in [6.45, 7) is 0. The summed E-state index contributed by atoms with van der Waals surface area (Å²) < 4.78 is 9.36. The Morgan fingerprint density at radius 3 is 2.17 bits per heavy atom. The van der Waals surface area contributed by atoms with E-state index >= 15 is 0 Å². The van der Waals surface area contributed by atoms with Crippen LogP contribution >= 0.6 is 37.0 Å². The van der Waals surface area contributed by atoms with Crippen LogP contribution in [0.15, 0.2) is 0 Å². The largest absolute Gasteiger partial charge is 1.00 e. The second-order valence-corrected chi connectivity index (χ2v) is 5.73. The number of halogens is 1. The Labute approximate surface area is 66.3 Å². The van der Waals surface area contributed by atoms with Crippen LogP contribution in [0.5, 0.6) is 0 Å². The maximum Gasteiger partial charge on any atom is 1.00 e. The molecule has 2 nitrogen and oxygen atoms in total. The van der Waals surface area contributed by atoms with Gasteiger partial charge < -0.3 is 6.32 Å². The Kier molecular flexibility index (Phi) is 12.0. The Balaban J connectivity index is -0.0000000800. The van der Waals surface area contributed by atoms with Gasteiger partial charge in [-0.15, -0.1) is 0 Å². The van der Waals surface area contributed by atoms with Gasteiger partial charge in [-0.3, -0.25) is 0 Å². The van der Waals surface area contributed by atoms with E-state index < -0.39 is 7.23 Å². The van der Waals surface area contributed by atoms with Crippen molar-refractivity contribution in [1.82, 2.24) is 0 Å². The van der Waals surface area contributed by atoms with E-state index in [9.17, 15) is 9.46 Å². The molecule has 0 aliphatic carbocycles. The molecule has 6 heteroatoms. The number of hydrogen-bond acceptors (Lipinski definition) is 3. The summed E-state index contributed by atoms with van der Waals surface area (Å²) in [5.74, 6) is 0. The van der Waals surface area contributed by atoms with Crippen LogP contribution in [0.3, 0.4) is 0 Å². The van der Waals surface area contributed by atoms with Gasteiger partial charge in [-0.05, 0) is 0 Å². The van der Waals surface area contributed by atoms with E-state index in [4.69, 9.17) is 0 Å². The van der Waals surface area contributed by atoms with E-state index in [2.05, 4.69) is 0 Å². The van der Waals surface area contributed by atoms with Crippen molar-refractivity contribution < 1.29 is 29.7 Å². The molecule has 32 valence electrons. The van der Waals surface area contributed by atoms with Gasteiger partial charge in [-0.25, -0.2) is 0 Å². The van der Waals surface area contributed by atoms with Crippen molar-refractivity contribution in [3.05, 3.63) is 0 Å². The molecule has 0 heterocycles. The molecule has 0 aromatic rings. The Morgan fingerprint density at radius 2 is 2.17 bits per heavy atom. The van der Waals surface area contributed by atoms with Gasteiger partial charge in [-0.1, -0.05) is 4.57 Å². The van der Waals surface area contributed by atoms with Gasteiger partial charge in [0.25, 0.3) is 0 Å². The van der Waals surface area contributed by atoms with E-state index in [0.29, 0.717) is 0 Å². The summed E-state index contributed by atoms with van der Waals surface area (Å²) in [5.41, 5.74) is 0. The molecular weight excluding hydrogens is 229 g/mol. The Hall–Kier alpha value is 1.74. The van der Waals surface area contributed by atoms with Crippen molar-refractivity contribution in [2.45, 2.75) is 0 Å². The van der Waals surface area contributed by atoms with E-state index in [1.165, 1.54) is 0 Å². The molecule has 0 aliphatic heterocycles. The zero-order valence-corrected chi connectivity index (χ0v) is 6.92. The van der Waals surface area contributed by atoms with Crippen LogP contribution in [-0.4, -0.2) is 0 Å². The minimum atomic E-state index is -2.19. The normalized spacial score (nSPS) is 9.33. The quantitative estimate of drug-likeness (QED) is 0.303. The molecule has 0 amide bonds. The molecule has 0 rings (SSSR count). The van der Waals surface area contributed by atoms with Crippen LogP contribution in [-0.2, 0) is 4.57 Å². The first-order chi connectivity index (χ1) is 2.27. The molecule has 0 N–H and O–H groups in total. The third-order valence-corrected chi connectivity index (χ3v) is 3.40. The molecule has 0 saturated carbocycles. The predicted molar refractivity (Wildman–Crippen MR) is 30.3 cm³/mol. The van der Waals surface area contributed by atoms with Crippen molar-refractivity contribution in [2.75, 3.05) is 0 Å². The van der Waals surface area contributed by atoms with Crippen LogP contribution in [0, 0.1) is 0 Å². The van der Waals surface area contributed by atoms with Gasteiger partial charge in [0.2, 0.25) is 0 Å². The molecule has 1 atom stereocenters. The average molecular weight is 230 g/mol. The molecule has 0 fully saturated rings. The van der Waals surface area contributed by atoms with Gasteiger partial charge >= 0.3 is 26.1 Å². The summed E-state index contributed by atoms with van der Waals surface area (Å²) >= 11 is 1.70. The zero-order chi connectivity index (χ0) is 4.28. The molecule has 6 heavy (non-hydrogen) atoms. The Bertz CT molecular complexity index is 53.0. The fraction of sp³-hybridized carbons (Fsp3) is 0. The first-order valence-electron chi connectivity index (χ1n) is 0.702. The second kappa shape index (κ2) is 6.74. The molecule has 0 bridgehead atoms. The third-order valence-electron chi connectivity index (χ3n) is 0.0563. The van der Waals surface area contributed by atoms with Crippen molar-refractivity contribution in [1.29, 1.82) is 0 Å². The standard InChI is InChI=1S/IO2PS.Li.H/c1-5-4(2)3;;/q;+1;-1. The second-order valence-electron chi connectivity index (χ2n) is 0.293. The Morgan fingerprint density at radius 1 is 2.00 bits per heavy atom. The SMILES string of the molecule is O=[P+]([O-])SI.[H-].[Li+]. The van der Waals surface area contributed by atoms with E-state index in [0.717, 1.165) is 8.55 Å². The molecule has 0 aromatic heterocycles. The van der Waals surface area contributed by atoms with Crippen molar-refractivity contribution >= 4 is 37.0 Å². The number of hydrogen-bond donors (Lipinski definition) is 0. The van der Waals surface area contributed by atoms with Gasteiger partial charge in [-0.2, -0.15) is 0 Å². The minimum absolute atomic E-state index is 0. The average Bonchev–Trinajstić information content (AvgIpc) is 1.38. The van der Waals surface area contributed by atoms with E-state index in [1.54, 1.807) is 21.2 Å². The van der Waals surface area contributed by atoms with E-state index in [-0.39, 0.29) is 20.3 Å². The van der Waals surface area contributed by atoms with E-state index in [1.807, 2.05) is 0 Å². The minimum Gasteiger partial charge on any atom is -1.00 e. The van der Waals surface area contributed by atoms with Gasteiger partial charge in [0.15, 0.2) is 8.55 Å². The molecule has 1 unspecified atom stereocenters. The molecule has 0 aliphatic rings. The third kappa shape index (κ3) is 9.22. The van der Waals surface area contributed by atoms with Crippen molar-refractivity contribution in [3.63, 3.8) is 0 Å². The number of rotatable bonds is 1. The maximum absolute atomic E-state index is 9.36. The molecule has 0 radical (unpaired) electrons.